The number of halogens is 1. The van der Waals surface area contributed by atoms with Gasteiger partial charge in [0, 0.05) is 13.0 Å². The summed E-state index contributed by atoms with van der Waals surface area (Å²) in [4.78, 5) is 11.6. The molecule has 4 nitrogen and oxygen atoms in total. The van der Waals surface area contributed by atoms with E-state index in [-0.39, 0.29) is 18.3 Å². The number of amides is 1. The molecule has 2 N–H and O–H groups in total. The summed E-state index contributed by atoms with van der Waals surface area (Å²) in [5.41, 5.74) is 0. The van der Waals surface area contributed by atoms with Crippen molar-refractivity contribution in [1.82, 2.24) is 10.6 Å². The van der Waals surface area contributed by atoms with Crippen molar-refractivity contribution in [2.24, 2.45) is 5.92 Å². The van der Waals surface area contributed by atoms with Crippen molar-refractivity contribution in [2.45, 2.75) is 51.0 Å². The number of nitrogens with one attached hydrogen (secondary N) is 2. The van der Waals surface area contributed by atoms with E-state index in [0.29, 0.717) is 31.6 Å². The van der Waals surface area contributed by atoms with Gasteiger partial charge in [-0.15, -0.1) is 12.4 Å². The Hall–Kier alpha value is -0.320. The molecule has 1 saturated heterocycles. The van der Waals surface area contributed by atoms with E-state index >= 15 is 0 Å². The van der Waals surface area contributed by atoms with E-state index in [1.807, 2.05) is 0 Å². The van der Waals surface area contributed by atoms with Crippen molar-refractivity contribution in [1.29, 1.82) is 0 Å². The van der Waals surface area contributed by atoms with E-state index in [1.165, 1.54) is 32.1 Å². The van der Waals surface area contributed by atoms with Gasteiger partial charge in [0.2, 0.25) is 5.91 Å². The number of hydrogen-bond acceptors (Lipinski definition) is 3. The third kappa shape index (κ3) is 6.59. The minimum Gasteiger partial charge on any atom is -0.376 e. The first kappa shape index (κ1) is 16.7. The van der Waals surface area contributed by atoms with Crippen LogP contribution in [0.5, 0.6) is 0 Å². The molecule has 1 atom stereocenters. The predicted molar refractivity (Wildman–Crippen MR) is 78.7 cm³/mol. The van der Waals surface area contributed by atoms with E-state index in [2.05, 4.69) is 10.6 Å². The normalized spacial score (nSPS) is 23.3. The molecule has 0 radical (unpaired) electrons. The summed E-state index contributed by atoms with van der Waals surface area (Å²) in [5, 5.41) is 6.27. The predicted octanol–water partition coefficient (Wildman–Crippen LogP) is 1.87. The van der Waals surface area contributed by atoms with Crippen LogP contribution in [0.1, 0.15) is 44.9 Å². The standard InChI is InChI=1S/C14H26N2O2.ClH/c17-14(6-5-12-7-8-15-11-12)16-9-10-18-13-3-1-2-4-13;/h12-13,15H,1-11H2,(H,16,17);1H. The molecule has 19 heavy (non-hydrogen) atoms. The molecule has 0 spiro atoms. The molecule has 5 heteroatoms. The lowest BCUT2D eigenvalue weighted by Gasteiger charge is -2.12. The zero-order valence-corrected chi connectivity index (χ0v) is 12.5. The van der Waals surface area contributed by atoms with Gasteiger partial charge in [0.25, 0.3) is 0 Å². The van der Waals surface area contributed by atoms with Crippen LogP contribution in [0.2, 0.25) is 0 Å². The van der Waals surface area contributed by atoms with Gasteiger partial charge in [-0.3, -0.25) is 4.79 Å². The minimum absolute atomic E-state index is 0. The van der Waals surface area contributed by atoms with E-state index in [9.17, 15) is 4.79 Å². The van der Waals surface area contributed by atoms with Gasteiger partial charge in [0.1, 0.15) is 0 Å². The average Bonchev–Trinajstić information content (AvgIpc) is 3.04. The molecule has 1 amide bonds. The Morgan fingerprint density at radius 3 is 2.74 bits per heavy atom. The second-order valence-corrected chi connectivity index (χ2v) is 5.52. The van der Waals surface area contributed by atoms with Gasteiger partial charge in [-0.25, -0.2) is 0 Å². The number of rotatable bonds is 7. The molecule has 2 aliphatic rings. The lowest BCUT2D eigenvalue weighted by atomic mass is 10.0. The molecule has 1 unspecified atom stereocenters. The Kier molecular flexibility index (Phi) is 8.42. The van der Waals surface area contributed by atoms with Crippen LogP contribution in [-0.2, 0) is 9.53 Å². The molecule has 0 aromatic heterocycles. The van der Waals surface area contributed by atoms with E-state index in [1.54, 1.807) is 0 Å². The van der Waals surface area contributed by atoms with Gasteiger partial charge in [-0.2, -0.15) is 0 Å². The zero-order valence-electron chi connectivity index (χ0n) is 11.7. The Balaban J connectivity index is 0.00000180. The van der Waals surface area contributed by atoms with Crippen LogP contribution in [0.3, 0.4) is 0 Å². The maximum atomic E-state index is 11.6. The number of ether oxygens (including phenoxy) is 1. The first-order valence-corrected chi connectivity index (χ1v) is 7.43. The van der Waals surface area contributed by atoms with Gasteiger partial charge < -0.3 is 15.4 Å². The molecular formula is C14H27ClN2O2. The molecule has 0 aromatic rings. The topological polar surface area (TPSA) is 50.4 Å². The largest absolute Gasteiger partial charge is 0.376 e. The van der Waals surface area contributed by atoms with E-state index in [4.69, 9.17) is 4.74 Å². The van der Waals surface area contributed by atoms with E-state index < -0.39 is 0 Å². The van der Waals surface area contributed by atoms with Crippen molar-refractivity contribution >= 4 is 18.3 Å². The quantitative estimate of drug-likeness (QED) is 0.704. The van der Waals surface area contributed by atoms with E-state index in [0.717, 1.165) is 19.5 Å². The molecule has 1 saturated carbocycles. The summed E-state index contributed by atoms with van der Waals surface area (Å²) in [7, 11) is 0. The number of carbonyl (C=O) groups is 1. The van der Waals surface area contributed by atoms with Crippen molar-refractivity contribution in [3.05, 3.63) is 0 Å². The zero-order chi connectivity index (χ0) is 12.6. The summed E-state index contributed by atoms with van der Waals surface area (Å²) in [6.45, 7) is 3.53. The smallest absolute Gasteiger partial charge is 0.220 e. The second-order valence-electron chi connectivity index (χ2n) is 5.52. The number of hydrogen-bond donors (Lipinski definition) is 2. The fourth-order valence-corrected chi connectivity index (χ4v) is 2.86. The molecule has 0 aromatic carbocycles. The first-order chi connectivity index (χ1) is 8.84. The lowest BCUT2D eigenvalue weighted by Crippen LogP contribution is -2.28. The van der Waals surface area contributed by atoms with Crippen molar-refractivity contribution < 1.29 is 9.53 Å². The molecule has 1 heterocycles. The Labute approximate surface area is 122 Å². The summed E-state index contributed by atoms with van der Waals surface area (Å²) in [6, 6.07) is 0. The third-order valence-electron chi connectivity index (χ3n) is 4.02. The molecule has 112 valence electrons. The molecule has 2 fully saturated rings. The van der Waals surface area contributed by atoms with Crippen molar-refractivity contribution in [2.75, 3.05) is 26.2 Å². The fourth-order valence-electron chi connectivity index (χ4n) is 2.86. The monoisotopic (exact) mass is 290 g/mol. The van der Waals surface area contributed by atoms with Gasteiger partial charge in [-0.05, 0) is 44.7 Å². The average molecular weight is 291 g/mol. The van der Waals surface area contributed by atoms with Crippen molar-refractivity contribution in [3.8, 4) is 0 Å². The molecule has 1 aliphatic heterocycles. The van der Waals surface area contributed by atoms with Crippen molar-refractivity contribution in [3.63, 3.8) is 0 Å². The van der Waals surface area contributed by atoms with Gasteiger partial charge in [0.05, 0.1) is 12.7 Å². The molecule has 2 rings (SSSR count). The maximum absolute atomic E-state index is 11.6. The molecule has 0 bridgehead atoms. The Morgan fingerprint density at radius 1 is 1.26 bits per heavy atom. The van der Waals surface area contributed by atoms with Crippen LogP contribution >= 0.6 is 12.4 Å². The minimum atomic E-state index is 0. The van der Waals surface area contributed by atoms with Gasteiger partial charge >= 0.3 is 0 Å². The van der Waals surface area contributed by atoms with Crippen LogP contribution in [0.15, 0.2) is 0 Å². The maximum Gasteiger partial charge on any atom is 0.220 e. The highest BCUT2D eigenvalue weighted by molar-refractivity contribution is 5.85. The lowest BCUT2D eigenvalue weighted by molar-refractivity contribution is -0.121. The van der Waals surface area contributed by atoms with Crippen LogP contribution < -0.4 is 10.6 Å². The highest BCUT2D eigenvalue weighted by Crippen LogP contribution is 2.20. The summed E-state index contributed by atoms with van der Waals surface area (Å²) >= 11 is 0. The third-order valence-corrected chi connectivity index (χ3v) is 4.02. The van der Waals surface area contributed by atoms with Crippen LogP contribution in [-0.4, -0.2) is 38.3 Å². The second kappa shape index (κ2) is 9.56. The van der Waals surface area contributed by atoms with Crippen LogP contribution in [0, 0.1) is 5.92 Å². The van der Waals surface area contributed by atoms with Gasteiger partial charge in [-0.1, -0.05) is 12.8 Å². The highest BCUT2D eigenvalue weighted by Gasteiger charge is 2.16. The molecular weight excluding hydrogens is 264 g/mol. The van der Waals surface area contributed by atoms with Crippen LogP contribution in [0.4, 0.5) is 0 Å². The number of carbonyl (C=O) groups excluding carboxylic acids is 1. The summed E-state index contributed by atoms with van der Waals surface area (Å²) in [6.07, 6.45) is 8.34. The highest BCUT2D eigenvalue weighted by atomic mass is 35.5. The summed E-state index contributed by atoms with van der Waals surface area (Å²) in [5.74, 6) is 0.877. The Bertz CT molecular complexity index is 252. The fraction of sp³-hybridized carbons (Fsp3) is 0.929. The SMILES string of the molecule is Cl.O=C(CCC1CCNC1)NCCOC1CCCC1. The Morgan fingerprint density at radius 2 is 2.05 bits per heavy atom. The summed E-state index contributed by atoms with van der Waals surface area (Å²) < 4.78 is 5.71. The first-order valence-electron chi connectivity index (χ1n) is 7.43. The van der Waals surface area contributed by atoms with Gasteiger partial charge in [0.15, 0.2) is 0 Å². The van der Waals surface area contributed by atoms with Crippen LogP contribution in [0.25, 0.3) is 0 Å². The molecule has 1 aliphatic carbocycles.